The Labute approximate surface area is 118 Å². The smallest absolute Gasteiger partial charge is 0.339 e. The number of furan rings is 1. The normalized spacial score (nSPS) is 10.1. The zero-order chi connectivity index (χ0) is 15.1. The molecule has 1 heterocycles. The van der Waals surface area contributed by atoms with E-state index in [0.717, 1.165) is 6.42 Å². The van der Waals surface area contributed by atoms with Crippen LogP contribution < -0.4 is 5.32 Å². The fraction of sp³-hybridized carbons (Fsp3) is 0.429. The van der Waals surface area contributed by atoms with E-state index in [1.807, 2.05) is 6.92 Å². The topological polar surface area (TPSA) is 82.8 Å². The van der Waals surface area contributed by atoms with E-state index >= 15 is 0 Å². The average Bonchev–Trinajstić information content (AvgIpc) is 2.77. The van der Waals surface area contributed by atoms with Crippen LogP contribution in [0.15, 0.2) is 23.1 Å². The molecule has 0 atom stereocenters. The van der Waals surface area contributed by atoms with Gasteiger partial charge in [0.1, 0.15) is 17.1 Å². The summed E-state index contributed by atoms with van der Waals surface area (Å²) in [5.74, 6) is -0.287. The Morgan fingerprint density at radius 1 is 1.55 bits per heavy atom. The molecule has 110 valence electrons. The van der Waals surface area contributed by atoms with Crippen molar-refractivity contribution in [3.63, 3.8) is 0 Å². The Morgan fingerprint density at radius 3 is 2.75 bits per heavy atom. The molecule has 0 unspecified atom stereocenters. The number of aryl methyl sites for hydroxylation is 1. The Morgan fingerprint density at radius 2 is 2.25 bits per heavy atom. The number of hydrogen-bond donors (Lipinski definition) is 2. The highest BCUT2D eigenvalue weighted by Gasteiger charge is 2.15. The zero-order valence-electron chi connectivity index (χ0n) is 11.8. The summed E-state index contributed by atoms with van der Waals surface area (Å²) in [6, 6.07) is 1.20. The summed E-state index contributed by atoms with van der Waals surface area (Å²) >= 11 is 0. The van der Waals surface area contributed by atoms with Crippen LogP contribution >= 0.6 is 0 Å². The van der Waals surface area contributed by atoms with Crippen LogP contribution in [0, 0.1) is 6.92 Å². The first-order valence-corrected chi connectivity index (χ1v) is 6.45. The lowest BCUT2D eigenvalue weighted by Gasteiger charge is -2.20. The van der Waals surface area contributed by atoms with Crippen LogP contribution in [-0.2, 0) is 6.54 Å². The fourth-order valence-electron chi connectivity index (χ4n) is 1.82. The molecule has 1 rings (SSSR count). The summed E-state index contributed by atoms with van der Waals surface area (Å²) in [4.78, 5) is 24.4. The van der Waals surface area contributed by atoms with Crippen molar-refractivity contribution in [3.05, 3.63) is 35.8 Å². The number of rotatable bonds is 7. The molecule has 0 fully saturated rings. The number of urea groups is 1. The van der Waals surface area contributed by atoms with Crippen molar-refractivity contribution in [3.8, 4) is 0 Å². The monoisotopic (exact) mass is 280 g/mol. The number of nitrogens with one attached hydrogen (secondary N) is 1. The van der Waals surface area contributed by atoms with E-state index in [9.17, 15) is 9.59 Å². The van der Waals surface area contributed by atoms with Gasteiger partial charge in [-0.1, -0.05) is 13.0 Å². The molecule has 2 N–H and O–H groups in total. The lowest BCUT2D eigenvalue weighted by Crippen LogP contribution is -2.40. The van der Waals surface area contributed by atoms with Crippen molar-refractivity contribution >= 4 is 12.0 Å². The molecule has 2 amide bonds. The lowest BCUT2D eigenvalue weighted by atomic mass is 10.2. The molecule has 6 nitrogen and oxygen atoms in total. The summed E-state index contributed by atoms with van der Waals surface area (Å²) < 4.78 is 5.29. The number of nitrogens with zero attached hydrogens (tertiary/aromatic N) is 1. The van der Waals surface area contributed by atoms with Gasteiger partial charge in [-0.2, -0.15) is 0 Å². The molecular formula is C14H20N2O4. The number of carboxylic acids is 1. The highest BCUT2D eigenvalue weighted by atomic mass is 16.4. The summed E-state index contributed by atoms with van der Waals surface area (Å²) in [6.45, 7) is 8.44. The number of carbonyl (C=O) groups excluding carboxylic acids is 1. The third-order valence-electron chi connectivity index (χ3n) is 2.74. The second-order valence-electron chi connectivity index (χ2n) is 4.38. The minimum absolute atomic E-state index is 0.116. The van der Waals surface area contributed by atoms with Gasteiger partial charge in [0.25, 0.3) is 0 Å². The quantitative estimate of drug-likeness (QED) is 0.751. The maximum Gasteiger partial charge on any atom is 0.339 e. The number of carbonyl (C=O) groups is 2. The number of amides is 2. The van der Waals surface area contributed by atoms with Gasteiger partial charge in [-0.25, -0.2) is 9.59 Å². The fourth-order valence-corrected chi connectivity index (χ4v) is 1.82. The molecular weight excluding hydrogens is 260 g/mol. The maximum absolute atomic E-state index is 11.9. The number of hydrogen-bond acceptors (Lipinski definition) is 3. The molecule has 0 aliphatic carbocycles. The summed E-state index contributed by atoms with van der Waals surface area (Å²) in [5, 5.41) is 11.6. The summed E-state index contributed by atoms with van der Waals surface area (Å²) in [6.07, 6.45) is 2.51. The van der Waals surface area contributed by atoms with Crippen molar-refractivity contribution in [2.75, 3.05) is 13.1 Å². The molecule has 1 aromatic heterocycles. The van der Waals surface area contributed by atoms with Crippen LogP contribution in [0.2, 0.25) is 0 Å². The molecule has 0 saturated heterocycles. The Kier molecular flexibility index (Phi) is 5.83. The Hall–Kier alpha value is -2.24. The van der Waals surface area contributed by atoms with Gasteiger partial charge in [-0.05, 0) is 19.4 Å². The van der Waals surface area contributed by atoms with Crippen molar-refractivity contribution in [1.82, 2.24) is 10.2 Å². The van der Waals surface area contributed by atoms with Gasteiger partial charge in [0.05, 0.1) is 6.54 Å². The molecule has 0 aliphatic heterocycles. The first-order chi connectivity index (χ1) is 9.49. The summed E-state index contributed by atoms with van der Waals surface area (Å²) in [7, 11) is 0. The van der Waals surface area contributed by atoms with Gasteiger partial charge in [0, 0.05) is 13.1 Å². The predicted octanol–water partition coefficient (Wildman–Crippen LogP) is 2.39. The van der Waals surface area contributed by atoms with Crippen LogP contribution in [-0.4, -0.2) is 35.1 Å². The molecule has 1 aromatic rings. The summed E-state index contributed by atoms with van der Waals surface area (Å²) in [5.41, 5.74) is 0.116. The van der Waals surface area contributed by atoms with E-state index in [1.165, 1.54) is 6.07 Å². The number of carboxylic acid groups (broad SMARTS) is 1. The van der Waals surface area contributed by atoms with Crippen molar-refractivity contribution in [2.45, 2.75) is 26.8 Å². The Balaban J connectivity index is 2.61. The van der Waals surface area contributed by atoms with Gasteiger partial charge in [0.2, 0.25) is 0 Å². The molecule has 0 bridgehead atoms. The van der Waals surface area contributed by atoms with Crippen LogP contribution in [0.5, 0.6) is 0 Å². The molecule has 0 aromatic carbocycles. The van der Waals surface area contributed by atoms with Crippen molar-refractivity contribution in [1.29, 1.82) is 0 Å². The zero-order valence-corrected chi connectivity index (χ0v) is 11.8. The number of aromatic carboxylic acids is 1. The second kappa shape index (κ2) is 7.37. The van der Waals surface area contributed by atoms with Crippen LogP contribution in [0.4, 0.5) is 4.79 Å². The second-order valence-corrected chi connectivity index (χ2v) is 4.38. The third-order valence-corrected chi connectivity index (χ3v) is 2.74. The average molecular weight is 280 g/mol. The largest absolute Gasteiger partial charge is 0.478 e. The molecule has 0 aliphatic rings. The van der Waals surface area contributed by atoms with E-state index in [4.69, 9.17) is 9.52 Å². The molecule has 0 spiro atoms. The molecule has 20 heavy (non-hydrogen) atoms. The van der Waals surface area contributed by atoms with E-state index < -0.39 is 5.97 Å². The SMILES string of the molecule is C=CCN(CCC)C(=O)NCc1cc(C(=O)O)c(C)o1. The molecule has 0 radical (unpaired) electrons. The minimum Gasteiger partial charge on any atom is -0.478 e. The van der Waals surface area contributed by atoms with Gasteiger partial charge in [-0.3, -0.25) is 0 Å². The highest BCUT2D eigenvalue weighted by Crippen LogP contribution is 2.14. The Bertz CT molecular complexity index is 493. The highest BCUT2D eigenvalue weighted by molar-refractivity contribution is 5.88. The molecule has 0 saturated carbocycles. The van der Waals surface area contributed by atoms with Gasteiger partial charge in [0.15, 0.2) is 0 Å². The van der Waals surface area contributed by atoms with E-state index in [1.54, 1.807) is 17.9 Å². The van der Waals surface area contributed by atoms with E-state index in [0.29, 0.717) is 24.6 Å². The van der Waals surface area contributed by atoms with Gasteiger partial charge < -0.3 is 19.7 Å². The van der Waals surface area contributed by atoms with Crippen molar-refractivity contribution < 1.29 is 19.1 Å². The van der Waals surface area contributed by atoms with Gasteiger partial charge in [-0.15, -0.1) is 6.58 Å². The van der Waals surface area contributed by atoms with E-state index in [-0.39, 0.29) is 18.1 Å². The lowest BCUT2D eigenvalue weighted by molar-refractivity contribution is 0.0695. The maximum atomic E-state index is 11.9. The predicted molar refractivity (Wildman–Crippen MR) is 74.7 cm³/mol. The minimum atomic E-state index is -1.04. The first kappa shape index (κ1) is 15.8. The standard InChI is InChI=1S/C14H20N2O4/c1-4-6-16(7-5-2)14(19)15-9-11-8-12(13(17)18)10(3)20-11/h4,8H,1,5-7,9H2,2-3H3,(H,15,19)(H,17,18). The third kappa shape index (κ3) is 4.15. The van der Waals surface area contributed by atoms with Crippen LogP contribution in [0.25, 0.3) is 0 Å². The van der Waals surface area contributed by atoms with Crippen LogP contribution in [0.3, 0.4) is 0 Å². The first-order valence-electron chi connectivity index (χ1n) is 6.45. The van der Waals surface area contributed by atoms with E-state index in [2.05, 4.69) is 11.9 Å². The van der Waals surface area contributed by atoms with Gasteiger partial charge >= 0.3 is 12.0 Å². The van der Waals surface area contributed by atoms with Crippen LogP contribution in [0.1, 0.15) is 35.2 Å². The molecule has 6 heteroatoms. The van der Waals surface area contributed by atoms with Crippen molar-refractivity contribution in [2.24, 2.45) is 0 Å².